The van der Waals surface area contributed by atoms with E-state index in [1.54, 1.807) is 24.6 Å². The number of imidazole rings is 1. The molecule has 2 N–H and O–H groups in total. The van der Waals surface area contributed by atoms with Crippen LogP contribution in [0.25, 0.3) is 5.69 Å². The molecule has 0 spiro atoms. The van der Waals surface area contributed by atoms with Crippen LogP contribution in [0.2, 0.25) is 0 Å². The van der Waals surface area contributed by atoms with E-state index in [1.807, 2.05) is 29.2 Å². The smallest absolute Gasteiger partial charge is 0.191 e. The maximum atomic E-state index is 4.27. The summed E-state index contributed by atoms with van der Waals surface area (Å²) in [6.45, 7) is 1.47. The lowest BCUT2D eigenvalue weighted by Gasteiger charge is -2.14. The van der Waals surface area contributed by atoms with Crippen molar-refractivity contribution in [2.75, 3.05) is 7.05 Å². The predicted octanol–water partition coefficient (Wildman–Crippen LogP) is 2.80. The van der Waals surface area contributed by atoms with Crippen molar-refractivity contribution in [3.8, 4) is 5.69 Å². The largest absolute Gasteiger partial charge is 0.352 e. The third-order valence-electron chi connectivity index (χ3n) is 3.45. The van der Waals surface area contributed by atoms with Crippen LogP contribution in [0.5, 0.6) is 0 Å². The van der Waals surface area contributed by atoms with Gasteiger partial charge in [0.1, 0.15) is 0 Å². The van der Waals surface area contributed by atoms with E-state index in [0.29, 0.717) is 6.54 Å². The normalized spacial score (nSPS) is 11.4. The number of nitrogens with one attached hydrogen (secondary N) is 2. The van der Waals surface area contributed by atoms with Gasteiger partial charge in [0.05, 0.1) is 18.6 Å². The SMILES string of the molecule is CN=C(NCc1cccs1)NCc1ccccc1-n1ccnc1. The lowest BCUT2D eigenvalue weighted by atomic mass is 10.1. The highest BCUT2D eigenvalue weighted by atomic mass is 32.1. The zero-order valence-electron chi connectivity index (χ0n) is 12.9. The number of nitrogens with zero attached hydrogens (tertiary/aromatic N) is 3. The number of benzene rings is 1. The van der Waals surface area contributed by atoms with E-state index in [4.69, 9.17) is 0 Å². The van der Waals surface area contributed by atoms with Crippen molar-refractivity contribution in [2.24, 2.45) is 4.99 Å². The van der Waals surface area contributed by atoms with Crippen molar-refractivity contribution in [3.63, 3.8) is 0 Å². The Labute approximate surface area is 139 Å². The summed E-state index contributed by atoms with van der Waals surface area (Å²) >= 11 is 1.74. The Morgan fingerprint density at radius 2 is 2.04 bits per heavy atom. The number of rotatable bonds is 5. The fraction of sp³-hybridized carbons (Fsp3) is 0.176. The molecule has 118 valence electrons. The van der Waals surface area contributed by atoms with Crippen LogP contribution < -0.4 is 10.6 Å². The summed E-state index contributed by atoms with van der Waals surface area (Å²) in [5.74, 6) is 0.791. The van der Waals surface area contributed by atoms with Crippen LogP contribution in [0.15, 0.2) is 65.5 Å². The van der Waals surface area contributed by atoms with Crippen molar-refractivity contribution in [3.05, 3.63) is 70.9 Å². The van der Waals surface area contributed by atoms with Gasteiger partial charge in [0.25, 0.3) is 0 Å². The second-order valence-electron chi connectivity index (χ2n) is 4.96. The van der Waals surface area contributed by atoms with Crippen LogP contribution >= 0.6 is 11.3 Å². The first-order chi connectivity index (χ1) is 11.4. The lowest BCUT2D eigenvalue weighted by molar-refractivity contribution is 0.809. The predicted molar refractivity (Wildman–Crippen MR) is 94.9 cm³/mol. The van der Waals surface area contributed by atoms with E-state index in [0.717, 1.165) is 18.2 Å². The molecule has 0 aliphatic heterocycles. The van der Waals surface area contributed by atoms with Gasteiger partial charge in [-0.05, 0) is 23.1 Å². The van der Waals surface area contributed by atoms with Gasteiger partial charge in [0.2, 0.25) is 0 Å². The minimum absolute atomic E-state index is 0.693. The van der Waals surface area contributed by atoms with Crippen molar-refractivity contribution in [1.82, 2.24) is 20.2 Å². The maximum absolute atomic E-state index is 4.27. The van der Waals surface area contributed by atoms with Gasteiger partial charge in [-0.1, -0.05) is 24.3 Å². The van der Waals surface area contributed by atoms with Crippen LogP contribution in [0, 0.1) is 0 Å². The van der Waals surface area contributed by atoms with E-state index >= 15 is 0 Å². The van der Waals surface area contributed by atoms with Crippen LogP contribution in [0.3, 0.4) is 0 Å². The van der Waals surface area contributed by atoms with Crippen molar-refractivity contribution in [1.29, 1.82) is 0 Å². The fourth-order valence-electron chi connectivity index (χ4n) is 2.30. The Morgan fingerprint density at radius 3 is 2.78 bits per heavy atom. The zero-order chi connectivity index (χ0) is 15.9. The molecule has 0 unspecified atom stereocenters. The topological polar surface area (TPSA) is 54.2 Å². The molecular weight excluding hydrogens is 306 g/mol. The van der Waals surface area contributed by atoms with E-state index < -0.39 is 0 Å². The molecular formula is C17H19N5S. The highest BCUT2D eigenvalue weighted by Gasteiger charge is 2.05. The molecule has 3 rings (SSSR count). The quantitative estimate of drug-likeness (QED) is 0.560. The Kier molecular flexibility index (Phi) is 5.06. The summed E-state index contributed by atoms with van der Waals surface area (Å²) in [6, 6.07) is 12.4. The first kappa shape index (κ1) is 15.3. The Hall–Kier alpha value is -2.60. The second-order valence-corrected chi connectivity index (χ2v) is 5.99. The number of para-hydroxylation sites is 1. The monoisotopic (exact) mass is 325 g/mol. The molecule has 1 aromatic carbocycles. The molecule has 5 nitrogen and oxygen atoms in total. The maximum Gasteiger partial charge on any atom is 0.191 e. The summed E-state index contributed by atoms with van der Waals surface area (Å²) in [5, 5.41) is 8.76. The number of hydrogen-bond donors (Lipinski definition) is 2. The Bertz CT molecular complexity index is 747. The van der Waals surface area contributed by atoms with Gasteiger partial charge in [-0.3, -0.25) is 4.99 Å². The molecule has 0 saturated heterocycles. The molecule has 0 radical (unpaired) electrons. The number of thiophene rings is 1. The van der Waals surface area contributed by atoms with E-state index in [-0.39, 0.29) is 0 Å². The number of guanidine groups is 1. The van der Waals surface area contributed by atoms with Crippen molar-refractivity contribution < 1.29 is 0 Å². The third kappa shape index (κ3) is 3.98. The standard InChI is InChI=1S/C17H19N5S/c1-18-17(21-12-15-6-4-10-23-15)20-11-14-5-2-3-7-16(14)22-9-8-19-13-22/h2-10,13H,11-12H2,1H3,(H2,18,20,21). The van der Waals surface area contributed by atoms with Crippen LogP contribution in [0.4, 0.5) is 0 Å². The Morgan fingerprint density at radius 1 is 1.17 bits per heavy atom. The average molecular weight is 325 g/mol. The molecule has 2 aromatic heterocycles. The number of aromatic nitrogens is 2. The molecule has 6 heteroatoms. The lowest BCUT2D eigenvalue weighted by Crippen LogP contribution is -2.36. The summed E-state index contributed by atoms with van der Waals surface area (Å²) in [5.41, 5.74) is 2.30. The van der Waals surface area contributed by atoms with Gasteiger partial charge in [0.15, 0.2) is 5.96 Å². The average Bonchev–Trinajstić information content (AvgIpc) is 3.29. The van der Waals surface area contributed by atoms with Gasteiger partial charge >= 0.3 is 0 Å². The highest BCUT2D eigenvalue weighted by molar-refractivity contribution is 7.09. The van der Waals surface area contributed by atoms with Gasteiger partial charge in [-0.2, -0.15) is 0 Å². The molecule has 0 bridgehead atoms. The minimum atomic E-state index is 0.693. The summed E-state index contributed by atoms with van der Waals surface area (Å²) < 4.78 is 2.01. The second kappa shape index (κ2) is 7.60. The first-order valence-electron chi connectivity index (χ1n) is 7.40. The van der Waals surface area contributed by atoms with Crippen LogP contribution in [0.1, 0.15) is 10.4 Å². The summed E-state index contributed by atoms with van der Waals surface area (Å²) in [7, 11) is 1.78. The van der Waals surface area contributed by atoms with E-state index in [2.05, 4.69) is 50.3 Å². The molecule has 23 heavy (non-hydrogen) atoms. The number of aliphatic imine (C=N–C) groups is 1. The van der Waals surface area contributed by atoms with Gasteiger partial charge in [-0.25, -0.2) is 4.98 Å². The fourth-order valence-corrected chi connectivity index (χ4v) is 2.94. The molecule has 0 fully saturated rings. The van der Waals surface area contributed by atoms with Crippen LogP contribution in [-0.2, 0) is 13.1 Å². The molecule has 0 saturated carbocycles. The third-order valence-corrected chi connectivity index (χ3v) is 4.33. The van der Waals surface area contributed by atoms with Crippen molar-refractivity contribution in [2.45, 2.75) is 13.1 Å². The summed E-state index contributed by atoms with van der Waals surface area (Å²) in [4.78, 5) is 9.68. The van der Waals surface area contributed by atoms with Gasteiger partial charge < -0.3 is 15.2 Å². The Balaban J connectivity index is 1.63. The van der Waals surface area contributed by atoms with Crippen molar-refractivity contribution >= 4 is 17.3 Å². The first-order valence-corrected chi connectivity index (χ1v) is 8.28. The van der Waals surface area contributed by atoms with Crippen LogP contribution in [-0.4, -0.2) is 22.6 Å². The molecule has 0 aliphatic carbocycles. The molecule has 3 aromatic rings. The zero-order valence-corrected chi connectivity index (χ0v) is 13.8. The number of hydrogen-bond acceptors (Lipinski definition) is 3. The highest BCUT2D eigenvalue weighted by Crippen LogP contribution is 2.13. The summed E-state index contributed by atoms with van der Waals surface area (Å²) in [6.07, 6.45) is 5.54. The molecule has 0 atom stereocenters. The van der Waals surface area contributed by atoms with E-state index in [9.17, 15) is 0 Å². The minimum Gasteiger partial charge on any atom is -0.352 e. The molecule has 2 heterocycles. The van der Waals surface area contributed by atoms with E-state index in [1.165, 1.54) is 10.4 Å². The van der Waals surface area contributed by atoms with Gasteiger partial charge in [-0.15, -0.1) is 11.3 Å². The molecule has 0 amide bonds. The molecule has 0 aliphatic rings. The van der Waals surface area contributed by atoms with Gasteiger partial charge in [0, 0.05) is 30.9 Å².